The largest absolute Gasteiger partial charge is 0.344 e. The van der Waals surface area contributed by atoms with Crippen LogP contribution in [0.2, 0.25) is 0 Å². The third kappa shape index (κ3) is 2.79. The molecule has 0 radical (unpaired) electrons. The number of aromatic nitrogens is 1. The van der Waals surface area contributed by atoms with Crippen molar-refractivity contribution in [3.05, 3.63) is 70.9 Å². The Balaban J connectivity index is 1.82. The van der Waals surface area contributed by atoms with Gasteiger partial charge in [-0.05, 0) is 57.5 Å². The number of likely N-dealkylation sites (N-methyl/N-ethyl adjacent to an activating group) is 1. The molecule has 0 aliphatic carbocycles. The van der Waals surface area contributed by atoms with E-state index in [1.807, 2.05) is 0 Å². The highest BCUT2D eigenvalue weighted by molar-refractivity contribution is 5.87. The Bertz CT molecular complexity index is 891. The Kier molecular flexibility index (Phi) is 4.16. The molecule has 2 aromatic carbocycles. The molecule has 4 rings (SSSR count). The van der Waals surface area contributed by atoms with Gasteiger partial charge in [0.15, 0.2) is 0 Å². The first kappa shape index (κ1) is 16.4. The summed E-state index contributed by atoms with van der Waals surface area (Å²) >= 11 is 0. The second-order valence-electron chi connectivity index (χ2n) is 7.66. The average Bonchev–Trinajstić information content (AvgIpc) is 2.91. The van der Waals surface area contributed by atoms with Crippen molar-refractivity contribution in [1.29, 1.82) is 0 Å². The van der Waals surface area contributed by atoms with Crippen molar-refractivity contribution in [2.24, 2.45) is 0 Å². The first-order chi connectivity index (χ1) is 12.1. The monoisotopic (exact) mass is 332 g/mol. The fourth-order valence-corrected chi connectivity index (χ4v) is 4.38. The van der Waals surface area contributed by atoms with Crippen LogP contribution in [0, 0.1) is 6.92 Å². The summed E-state index contributed by atoms with van der Waals surface area (Å²) in [5.74, 6) is 0. The van der Waals surface area contributed by atoms with Crippen molar-refractivity contribution in [3.8, 4) is 0 Å². The maximum Gasteiger partial charge on any atom is 0.0486 e. The molecule has 1 aliphatic heterocycles. The highest BCUT2D eigenvalue weighted by Crippen LogP contribution is 2.39. The van der Waals surface area contributed by atoms with Gasteiger partial charge in [-0.25, -0.2) is 0 Å². The van der Waals surface area contributed by atoms with E-state index in [2.05, 4.69) is 85.8 Å². The molecule has 2 heterocycles. The summed E-state index contributed by atoms with van der Waals surface area (Å²) < 4.78 is 2.59. The predicted octanol–water partition coefficient (Wildman–Crippen LogP) is 5.13. The third-order valence-electron chi connectivity index (χ3n) is 6.05. The minimum Gasteiger partial charge on any atom is -0.344 e. The van der Waals surface area contributed by atoms with Crippen LogP contribution >= 0.6 is 0 Å². The van der Waals surface area contributed by atoms with Crippen molar-refractivity contribution in [1.82, 2.24) is 9.47 Å². The van der Waals surface area contributed by atoms with E-state index in [4.69, 9.17) is 0 Å². The first-order valence-electron chi connectivity index (χ1n) is 9.43. The van der Waals surface area contributed by atoms with Crippen molar-refractivity contribution in [2.45, 2.75) is 52.2 Å². The highest BCUT2D eigenvalue weighted by atomic mass is 15.2. The summed E-state index contributed by atoms with van der Waals surface area (Å²) in [6.45, 7) is 7.97. The number of rotatable bonds is 3. The summed E-state index contributed by atoms with van der Waals surface area (Å²) in [5, 5.41) is 1.45. The van der Waals surface area contributed by atoms with Gasteiger partial charge in [-0.3, -0.25) is 4.90 Å². The molecule has 2 atom stereocenters. The van der Waals surface area contributed by atoms with Crippen LogP contribution in [0.15, 0.2) is 48.5 Å². The molecule has 0 saturated heterocycles. The number of hydrogen-bond acceptors (Lipinski definition) is 1. The van der Waals surface area contributed by atoms with E-state index < -0.39 is 0 Å². The lowest BCUT2D eigenvalue weighted by atomic mass is 9.93. The van der Waals surface area contributed by atoms with Crippen LogP contribution in [0.1, 0.15) is 42.3 Å². The maximum absolute atomic E-state index is 2.59. The Morgan fingerprint density at radius 1 is 1.04 bits per heavy atom. The fraction of sp³-hybridized carbons (Fsp3) is 0.391. The molecule has 0 fully saturated rings. The Labute approximate surface area is 151 Å². The van der Waals surface area contributed by atoms with E-state index in [-0.39, 0.29) is 0 Å². The van der Waals surface area contributed by atoms with Crippen LogP contribution in [0.5, 0.6) is 0 Å². The SMILES string of the molecule is Cc1ccc2c(c1)c1c(n2CCc2ccccc2)C[C@@H](C)N(C)[C@@H]1C. The smallest absolute Gasteiger partial charge is 0.0486 e. The minimum absolute atomic E-state index is 0.473. The van der Waals surface area contributed by atoms with Crippen molar-refractivity contribution < 1.29 is 0 Å². The lowest BCUT2D eigenvalue weighted by Gasteiger charge is -2.37. The minimum atomic E-state index is 0.473. The number of nitrogens with zero attached hydrogens (tertiary/aromatic N) is 2. The van der Waals surface area contributed by atoms with Crippen molar-refractivity contribution >= 4 is 10.9 Å². The molecule has 130 valence electrons. The molecule has 0 unspecified atom stereocenters. The summed E-state index contributed by atoms with van der Waals surface area (Å²) in [7, 11) is 2.27. The second kappa shape index (κ2) is 6.34. The van der Waals surface area contributed by atoms with Crippen LogP contribution in [-0.2, 0) is 19.4 Å². The van der Waals surface area contributed by atoms with E-state index >= 15 is 0 Å². The average molecular weight is 332 g/mol. The Morgan fingerprint density at radius 3 is 2.56 bits per heavy atom. The number of hydrogen-bond donors (Lipinski definition) is 0. The van der Waals surface area contributed by atoms with E-state index in [0.29, 0.717) is 12.1 Å². The molecule has 1 aliphatic rings. The molecular weight excluding hydrogens is 304 g/mol. The maximum atomic E-state index is 2.59. The fourth-order valence-electron chi connectivity index (χ4n) is 4.38. The first-order valence-corrected chi connectivity index (χ1v) is 9.43. The number of aryl methyl sites for hydroxylation is 3. The normalized spacial score (nSPS) is 20.8. The van der Waals surface area contributed by atoms with E-state index in [1.54, 1.807) is 11.3 Å². The summed E-state index contributed by atoms with van der Waals surface area (Å²) in [6, 6.07) is 18.9. The van der Waals surface area contributed by atoms with Gasteiger partial charge in [0, 0.05) is 41.6 Å². The molecule has 0 bridgehead atoms. The van der Waals surface area contributed by atoms with Gasteiger partial charge < -0.3 is 4.57 Å². The zero-order valence-corrected chi connectivity index (χ0v) is 15.8. The number of fused-ring (bicyclic) bond motifs is 3. The Hall–Kier alpha value is -2.06. The summed E-state index contributed by atoms with van der Waals surface area (Å²) in [4.78, 5) is 2.52. The van der Waals surface area contributed by atoms with Crippen molar-refractivity contribution in [2.75, 3.05) is 7.05 Å². The van der Waals surface area contributed by atoms with Gasteiger partial charge in [-0.1, -0.05) is 42.0 Å². The van der Waals surface area contributed by atoms with E-state index in [1.165, 1.54) is 22.0 Å². The van der Waals surface area contributed by atoms with Crippen molar-refractivity contribution in [3.63, 3.8) is 0 Å². The van der Waals surface area contributed by atoms with Gasteiger partial charge in [-0.15, -0.1) is 0 Å². The van der Waals surface area contributed by atoms with Crippen LogP contribution < -0.4 is 0 Å². The topological polar surface area (TPSA) is 8.17 Å². The van der Waals surface area contributed by atoms with Gasteiger partial charge in [-0.2, -0.15) is 0 Å². The molecule has 2 heteroatoms. The molecule has 25 heavy (non-hydrogen) atoms. The lowest BCUT2D eigenvalue weighted by Crippen LogP contribution is -2.38. The zero-order chi connectivity index (χ0) is 17.6. The molecule has 3 aromatic rings. The predicted molar refractivity (Wildman–Crippen MR) is 106 cm³/mol. The van der Waals surface area contributed by atoms with Gasteiger partial charge in [0.1, 0.15) is 0 Å². The van der Waals surface area contributed by atoms with Gasteiger partial charge in [0.25, 0.3) is 0 Å². The van der Waals surface area contributed by atoms with Crippen LogP contribution in [0.4, 0.5) is 0 Å². The van der Waals surface area contributed by atoms with Crippen LogP contribution in [-0.4, -0.2) is 22.6 Å². The summed E-state index contributed by atoms with van der Waals surface area (Å²) in [6.07, 6.45) is 2.22. The van der Waals surface area contributed by atoms with E-state index in [0.717, 1.165) is 19.4 Å². The van der Waals surface area contributed by atoms with E-state index in [9.17, 15) is 0 Å². The standard InChI is InChI=1S/C23H28N2/c1-16-10-11-21-20(14-16)23-18(3)24(4)17(2)15-22(23)25(21)13-12-19-8-6-5-7-9-19/h5-11,14,17-18H,12-13,15H2,1-4H3/t17-,18-/m1/s1. The molecule has 1 aromatic heterocycles. The molecule has 0 amide bonds. The molecular formula is C23H28N2. The zero-order valence-electron chi connectivity index (χ0n) is 15.8. The van der Waals surface area contributed by atoms with Gasteiger partial charge in [0.05, 0.1) is 0 Å². The van der Waals surface area contributed by atoms with Gasteiger partial charge >= 0.3 is 0 Å². The Morgan fingerprint density at radius 2 is 1.80 bits per heavy atom. The second-order valence-corrected chi connectivity index (χ2v) is 7.66. The van der Waals surface area contributed by atoms with Crippen LogP contribution in [0.25, 0.3) is 10.9 Å². The van der Waals surface area contributed by atoms with Gasteiger partial charge in [0.2, 0.25) is 0 Å². The highest BCUT2D eigenvalue weighted by Gasteiger charge is 2.31. The molecule has 2 nitrogen and oxygen atoms in total. The molecule has 0 spiro atoms. The molecule has 0 saturated carbocycles. The third-order valence-corrected chi connectivity index (χ3v) is 6.05. The lowest BCUT2D eigenvalue weighted by molar-refractivity contribution is 0.177. The number of benzene rings is 2. The molecule has 0 N–H and O–H groups in total. The van der Waals surface area contributed by atoms with Crippen LogP contribution in [0.3, 0.4) is 0 Å². The quantitative estimate of drug-likeness (QED) is 0.645. The summed E-state index contributed by atoms with van der Waals surface area (Å²) in [5.41, 5.74) is 7.27.